The molecule has 3 aromatic carbocycles. The third-order valence-electron chi connectivity index (χ3n) is 5.61. The minimum Gasteiger partial charge on any atom is -0.306 e. The van der Waals surface area contributed by atoms with Crippen molar-refractivity contribution in [1.29, 1.82) is 0 Å². The molecule has 0 fully saturated rings. The first-order chi connectivity index (χ1) is 15.4. The number of sulfonamides is 1. The van der Waals surface area contributed by atoms with Crippen LogP contribution in [0.1, 0.15) is 12.0 Å². The summed E-state index contributed by atoms with van der Waals surface area (Å²) in [6.07, 6.45) is 1.47. The van der Waals surface area contributed by atoms with Crippen LogP contribution in [0.3, 0.4) is 0 Å². The first kappa shape index (κ1) is 20.5. The number of anilines is 1. The maximum Gasteiger partial charge on any atom is 0.333 e. The smallest absolute Gasteiger partial charge is 0.306 e. The summed E-state index contributed by atoms with van der Waals surface area (Å²) in [6.45, 7) is 0.316. The molecule has 1 aliphatic heterocycles. The van der Waals surface area contributed by atoms with Gasteiger partial charge in [0.25, 0.3) is 15.6 Å². The Hall–Kier alpha value is -3.36. The number of para-hydroxylation sites is 2. The van der Waals surface area contributed by atoms with Gasteiger partial charge in [0, 0.05) is 6.54 Å². The molecule has 162 valence electrons. The van der Waals surface area contributed by atoms with Crippen LogP contribution in [0.15, 0.2) is 81.2 Å². The van der Waals surface area contributed by atoms with Gasteiger partial charge in [0.15, 0.2) is 0 Å². The second-order valence-electron chi connectivity index (χ2n) is 7.54. The fraction of sp³-hybridized carbons (Fsp3) is 0.130. The van der Waals surface area contributed by atoms with Crippen molar-refractivity contribution in [2.75, 3.05) is 10.8 Å². The number of nitrogens with zero attached hydrogens (tertiary/aromatic N) is 2. The summed E-state index contributed by atoms with van der Waals surface area (Å²) >= 11 is 6.31. The van der Waals surface area contributed by atoms with Crippen LogP contribution in [-0.2, 0) is 16.4 Å². The molecule has 0 saturated heterocycles. The van der Waals surface area contributed by atoms with Gasteiger partial charge in [0.1, 0.15) is 4.90 Å². The van der Waals surface area contributed by atoms with E-state index in [-0.39, 0.29) is 15.6 Å². The zero-order valence-corrected chi connectivity index (χ0v) is 18.4. The monoisotopic (exact) mass is 467 g/mol. The summed E-state index contributed by atoms with van der Waals surface area (Å²) in [4.78, 5) is 28.2. The highest BCUT2D eigenvalue weighted by Gasteiger charge is 2.31. The van der Waals surface area contributed by atoms with E-state index in [1.54, 1.807) is 36.4 Å². The van der Waals surface area contributed by atoms with E-state index < -0.39 is 21.3 Å². The number of aromatic nitrogens is 2. The van der Waals surface area contributed by atoms with Gasteiger partial charge in [-0.15, -0.1) is 0 Å². The van der Waals surface area contributed by atoms with Gasteiger partial charge in [-0.05, 0) is 54.8 Å². The summed E-state index contributed by atoms with van der Waals surface area (Å²) in [7, 11) is -4.03. The molecule has 4 aromatic rings. The second-order valence-corrected chi connectivity index (χ2v) is 9.78. The normalized spacial score (nSPS) is 13.8. The second kappa shape index (κ2) is 7.65. The van der Waals surface area contributed by atoms with Crippen LogP contribution in [0.25, 0.3) is 16.6 Å². The van der Waals surface area contributed by atoms with E-state index in [2.05, 4.69) is 4.98 Å². The minimum atomic E-state index is -4.03. The third kappa shape index (κ3) is 3.23. The van der Waals surface area contributed by atoms with Crippen molar-refractivity contribution < 1.29 is 8.42 Å². The van der Waals surface area contributed by atoms with Crippen LogP contribution in [0.2, 0.25) is 5.02 Å². The molecule has 0 radical (unpaired) electrons. The van der Waals surface area contributed by atoms with Crippen LogP contribution in [0.5, 0.6) is 0 Å². The summed E-state index contributed by atoms with van der Waals surface area (Å²) in [5.74, 6) is 0. The predicted molar refractivity (Wildman–Crippen MR) is 124 cm³/mol. The molecular formula is C23H18ClN3O4S. The van der Waals surface area contributed by atoms with Crippen molar-refractivity contribution in [1.82, 2.24) is 9.55 Å². The Bertz CT molecular complexity index is 1590. The average molecular weight is 468 g/mol. The van der Waals surface area contributed by atoms with Crippen LogP contribution in [0, 0.1) is 0 Å². The van der Waals surface area contributed by atoms with Crippen molar-refractivity contribution in [2.24, 2.45) is 0 Å². The Kier molecular flexibility index (Phi) is 4.91. The maximum absolute atomic E-state index is 13.6. The molecule has 1 aliphatic rings. The zero-order valence-electron chi connectivity index (χ0n) is 16.8. The number of hydrogen-bond donors (Lipinski definition) is 1. The third-order valence-corrected chi connectivity index (χ3v) is 7.91. The van der Waals surface area contributed by atoms with E-state index in [4.69, 9.17) is 11.6 Å². The van der Waals surface area contributed by atoms with Crippen LogP contribution < -0.4 is 15.6 Å². The van der Waals surface area contributed by atoms with Gasteiger partial charge in [0.2, 0.25) is 0 Å². The topological polar surface area (TPSA) is 92.2 Å². The molecule has 0 atom stereocenters. The predicted octanol–water partition coefficient (Wildman–Crippen LogP) is 3.47. The molecule has 0 unspecified atom stereocenters. The number of benzene rings is 3. The standard InChI is InChI=1S/C23H18ClN3O4S/c24-18-12-11-16(27-22(28)17-8-2-3-9-19(17)25-23(27)29)14-21(18)32(30,31)26-13-5-7-15-6-1-4-10-20(15)26/h1-4,6,8-12,14H,5,7,13H2,(H,25,29). The number of hydrogen-bond acceptors (Lipinski definition) is 4. The Labute approximate surface area is 188 Å². The van der Waals surface area contributed by atoms with E-state index in [0.29, 0.717) is 29.6 Å². The van der Waals surface area contributed by atoms with E-state index in [0.717, 1.165) is 16.6 Å². The fourth-order valence-corrected chi connectivity index (χ4v) is 6.13. The van der Waals surface area contributed by atoms with Gasteiger partial charge in [-0.25, -0.2) is 17.8 Å². The molecule has 0 bridgehead atoms. The van der Waals surface area contributed by atoms with Gasteiger partial charge < -0.3 is 4.98 Å². The molecule has 1 N–H and O–H groups in total. The lowest BCUT2D eigenvalue weighted by molar-refractivity contribution is 0.586. The Morgan fingerprint density at radius 3 is 2.53 bits per heavy atom. The quantitative estimate of drug-likeness (QED) is 0.499. The van der Waals surface area contributed by atoms with Crippen LogP contribution in [0.4, 0.5) is 5.69 Å². The maximum atomic E-state index is 13.6. The van der Waals surface area contributed by atoms with Gasteiger partial charge in [-0.1, -0.05) is 41.9 Å². The fourth-order valence-electron chi connectivity index (χ4n) is 4.09. The summed E-state index contributed by atoms with van der Waals surface area (Å²) in [6, 6.07) is 18.1. The lowest BCUT2D eigenvalue weighted by Crippen LogP contribution is -2.36. The van der Waals surface area contributed by atoms with E-state index in [1.807, 2.05) is 12.1 Å². The molecule has 5 rings (SSSR count). The number of nitrogens with one attached hydrogen (secondary N) is 1. The van der Waals surface area contributed by atoms with Gasteiger partial charge in [-0.3, -0.25) is 9.10 Å². The van der Waals surface area contributed by atoms with E-state index >= 15 is 0 Å². The highest BCUT2D eigenvalue weighted by atomic mass is 35.5. The summed E-state index contributed by atoms with van der Waals surface area (Å²) < 4.78 is 29.5. The van der Waals surface area contributed by atoms with E-state index in [1.165, 1.54) is 22.5 Å². The van der Waals surface area contributed by atoms with Crippen molar-refractivity contribution in [3.05, 3.63) is 98.2 Å². The SMILES string of the molecule is O=c1[nH]c2ccccc2c(=O)n1-c1ccc(Cl)c(S(=O)(=O)N2CCCc3ccccc32)c1. The minimum absolute atomic E-state index is 0.0158. The number of aryl methyl sites for hydroxylation is 1. The average Bonchev–Trinajstić information content (AvgIpc) is 2.79. The van der Waals surface area contributed by atoms with Crippen molar-refractivity contribution in [2.45, 2.75) is 17.7 Å². The summed E-state index contributed by atoms with van der Waals surface area (Å²) in [5, 5.41) is 0.332. The molecular weight excluding hydrogens is 450 g/mol. The molecule has 7 nitrogen and oxygen atoms in total. The lowest BCUT2D eigenvalue weighted by Gasteiger charge is -2.30. The number of rotatable bonds is 3. The number of H-pyrrole nitrogens is 1. The first-order valence-corrected chi connectivity index (χ1v) is 11.8. The highest BCUT2D eigenvalue weighted by Crippen LogP contribution is 2.34. The number of halogens is 1. The van der Waals surface area contributed by atoms with Crippen LogP contribution >= 0.6 is 11.6 Å². The molecule has 2 heterocycles. The Balaban J connectivity index is 1.69. The van der Waals surface area contributed by atoms with Gasteiger partial charge in [-0.2, -0.15) is 0 Å². The van der Waals surface area contributed by atoms with Crippen molar-refractivity contribution in [3.63, 3.8) is 0 Å². The molecule has 0 aliphatic carbocycles. The lowest BCUT2D eigenvalue weighted by atomic mass is 10.0. The molecule has 0 saturated carbocycles. The van der Waals surface area contributed by atoms with Gasteiger partial charge in [0.05, 0.1) is 27.3 Å². The molecule has 1 aromatic heterocycles. The zero-order chi connectivity index (χ0) is 22.5. The first-order valence-electron chi connectivity index (χ1n) is 10.0. The van der Waals surface area contributed by atoms with Crippen molar-refractivity contribution in [3.8, 4) is 5.69 Å². The largest absolute Gasteiger partial charge is 0.333 e. The van der Waals surface area contributed by atoms with Gasteiger partial charge >= 0.3 is 5.69 Å². The molecule has 9 heteroatoms. The number of fused-ring (bicyclic) bond motifs is 2. The Morgan fingerprint density at radius 2 is 1.69 bits per heavy atom. The molecule has 32 heavy (non-hydrogen) atoms. The number of aromatic amines is 1. The van der Waals surface area contributed by atoms with Crippen molar-refractivity contribution >= 4 is 38.2 Å². The molecule has 0 amide bonds. The van der Waals surface area contributed by atoms with E-state index in [9.17, 15) is 18.0 Å². The highest BCUT2D eigenvalue weighted by molar-refractivity contribution is 7.93. The summed E-state index contributed by atoms with van der Waals surface area (Å²) in [5.41, 5.74) is 0.875. The Morgan fingerprint density at radius 1 is 0.938 bits per heavy atom. The van der Waals surface area contributed by atoms with Crippen LogP contribution in [-0.4, -0.2) is 24.5 Å². The molecule has 0 spiro atoms.